The first-order valence-corrected chi connectivity index (χ1v) is 10.5. The smallest absolute Gasteiger partial charge is 0.257 e. The monoisotopic (exact) mass is 380 g/mol. The molecule has 0 spiro atoms. The van der Waals surface area contributed by atoms with E-state index in [0.717, 1.165) is 24.8 Å². The zero-order valence-corrected chi connectivity index (χ0v) is 15.8. The van der Waals surface area contributed by atoms with Gasteiger partial charge >= 0.3 is 0 Å². The van der Waals surface area contributed by atoms with Crippen LogP contribution in [0, 0.1) is 6.92 Å². The van der Waals surface area contributed by atoms with E-state index in [1.807, 2.05) is 19.2 Å². The van der Waals surface area contributed by atoms with E-state index in [4.69, 9.17) is 11.6 Å². The standard InChI is InChI=1S/C18H21ClN2O3S/c1-12-7-13(11-21(12)16-5-3-4-6-16)18(22)20-15-8-14(19)9-17(10-15)25(2,23)24/h7-11,16H,3-6H2,1-2H3,(H,20,22). The highest BCUT2D eigenvalue weighted by atomic mass is 35.5. The minimum absolute atomic E-state index is 0.0787. The Morgan fingerprint density at radius 2 is 1.88 bits per heavy atom. The molecule has 0 saturated heterocycles. The van der Waals surface area contributed by atoms with Crippen molar-refractivity contribution in [2.75, 3.05) is 11.6 Å². The number of anilines is 1. The van der Waals surface area contributed by atoms with Gasteiger partial charge in [-0.2, -0.15) is 0 Å². The number of rotatable bonds is 4. The van der Waals surface area contributed by atoms with Gasteiger partial charge in [-0.15, -0.1) is 0 Å². The molecular formula is C18H21ClN2O3S. The number of hydrogen-bond acceptors (Lipinski definition) is 3. The lowest BCUT2D eigenvalue weighted by Crippen LogP contribution is -2.12. The molecule has 2 aromatic rings. The second-order valence-electron chi connectivity index (χ2n) is 6.62. The Balaban J connectivity index is 1.83. The third-order valence-corrected chi connectivity index (χ3v) is 5.90. The molecule has 3 rings (SSSR count). The third-order valence-electron chi connectivity index (χ3n) is 4.59. The zero-order valence-electron chi connectivity index (χ0n) is 14.3. The van der Waals surface area contributed by atoms with Crippen molar-refractivity contribution in [3.05, 3.63) is 46.7 Å². The minimum Gasteiger partial charge on any atom is -0.348 e. The summed E-state index contributed by atoms with van der Waals surface area (Å²) in [5, 5.41) is 3.00. The average Bonchev–Trinajstić information content (AvgIpc) is 3.14. The summed E-state index contributed by atoms with van der Waals surface area (Å²) in [6.45, 7) is 2.00. The molecule has 0 aliphatic heterocycles. The number of carbonyl (C=O) groups excluding carboxylic acids is 1. The van der Waals surface area contributed by atoms with Gasteiger partial charge in [0.25, 0.3) is 5.91 Å². The molecule has 1 amide bonds. The molecule has 1 aromatic carbocycles. The van der Waals surface area contributed by atoms with Crippen LogP contribution in [-0.2, 0) is 9.84 Å². The molecule has 1 heterocycles. The van der Waals surface area contributed by atoms with Crippen LogP contribution in [0.1, 0.15) is 47.8 Å². The van der Waals surface area contributed by atoms with E-state index in [1.165, 1.54) is 31.0 Å². The molecule has 0 unspecified atom stereocenters. The van der Waals surface area contributed by atoms with E-state index in [0.29, 0.717) is 17.3 Å². The fourth-order valence-electron chi connectivity index (χ4n) is 3.34. The second kappa shape index (κ2) is 6.84. The van der Waals surface area contributed by atoms with Crippen LogP contribution in [0.25, 0.3) is 0 Å². The van der Waals surface area contributed by atoms with Crippen LogP contribution >= 0.6 is 11.6 Å². The summed E-state index contributed by atoms with van der Waals surface area (Å²) < 4.78 is 25.6. The normalized spacial score (nSPS) is 15.5. The predicted octanol–water partition coefficient (Wildman–Crippen LogP) is 4.22. The summed E-state index contributed by atoms with van der Waals surface area (Å²) in [7, 11) is -3.40. The van der Waals surface area contributed by atoms with Crippen LogP contribution in [0.2, 0.25) is 5.02 Å². The van der Waals surface area contributed by atoms with Crippen LogP contribution in [0.3, 0.4) is 0 Å². The Labute approximate surface area is 152 Å². The van der Waals surface area contributed by atoms with Crippen LogP contribution in [0.15, 0.2) is 35.4 Å². The molecule has 0 atom stereocenters. The molecule has 1 N–H and O–H groups in total. The van der Waals surface area contributed by atoms with Gasteiger partial charge in [0, 0.05) is 34.9 Å². The van der Waals surface area contributed by atoms with Gasteiger partial charge < -0.3 is 9.88 Å². The molecule has 134 valence electrons. The molecule has 5 nitrogen and oxygen atoms in total. The molecule has 1 saturated carbocycles. The first-order valence-electron chi connectivity index (χ1n) is 8.24. The fourth-order valence-corrected chi connectivity index (χ4v) is 4.32. The first kappa shape index (κ1) is 18.0. The van der Waals surface area contributed by atoms with E-state index in [2.05, 4.69) is 9.88 Å². The molecule has 0 bridgehead atoms. The number of nitrogens with one attached hydrogen (secondary N) is 1. The first-order chi connectivity index (χ1) is 11.7. The summed E-state index contributed by atoms with van der Waals surface area (Å²) in [6.07, 6.45) is 7.71. The van der Waals surface area contributed by atoms with Crippen molar-refractivity contribution < 1.29 is 13.2 Å². The van der Waals surface area contributed by atoms with Gasteiger partial charge in [0.1, 0.15) is 0 Å². The number of carbonyl (C=O) groups is 1. The maximum atomic E-state index is 12.5. The molecule has 1 aromatic heterocycles. The topological polar surface area (TPSA) is 68.2 Å². The van der Waals surface area contributed by atoms with Crippen molar-refractivity contribution in [1.29, 1.82) is 0 Å². The minimum atomic E-state index is -3.40. The van der Waals surface area contributed by atoms with E-state index in [-0.39, 0.29) is 15.8 Å². The highest BCUT2D eigenvalue weighted by molar-refractivity contribution is 7.90. The number of benzene rings is 1. The summed E-state index contributed by atoms with van der Waals surface area (Å²) in [5.74, 6) is -0.276. The van der Waals surface area contributed by atoms with Crippen molar-refractivity contribution >= 4 is 33.0 Å². The number of halogens is 1. The Morgan fingerprint density at radius 3 is 2.52 bits per heavy atom. The van der Waals surface area contributed by atoms with E-state index in [9.17, 15) is 13.2 Å². The number of aryl methyl sites for hydroxylation is 1. The predicted molar refractivity (Wildman–Crippen MR) is 99.2 cm³/mol. The number of nitrogens with zero attached hydrogens (tertiary/aromatic N) is 1. The maximum Gasteiger partial charge on any atom is 0.257 e. The Bertz CT molecular complexity index is 912. The average molecular weight is 381 g/mol. The number of amides is 1. The number of sulfone groups is 1. The molecule has 1 aliphatic rings. The maximum absolute atomic E-state index is 12.5. The van der Waals surface area contributed by atoms with E-state index >= 15 is 0 Å². The van der Waals surface area contributed by atoms with Crippen LogP contribution in [0.5, 0.6) is 0 Å². The molecular weight excluding hydrogens is 360 g/mol. The van der Waals surface area contributed by atoms with Gasteiger partial charge in [0.2, 0.25) is 0 Å². The largest absolute Gasteiger partial charge is 0.348 e. The quantitative estimate of drug-likeness (QED) is 0.863. The van der Waals surface area contributed by atoms with Gasteiger partial charge in [0.15, 0.2) is 9.84 Å². The highest BCUT2D eigenvalue weighted by Gasteiger charge is 2.20. The highest BCUT2D eigenvalue weighted by Crippen LogP contribution is 2.31. The second-order valence-corrected chi connectivity index (χ2v) is 9.07. The number of aromatic nitrogens is 1. The fraction of sp³-hybridized carbons (Fsp3) is 0.389. The number of hydrogen-bond donors (Lipinski definition) is 1. The SMILES string of the molecule is Cc1cc(C(=O)Nc2cc(Cl)cc(S(C)(=O)=O)c2)cn1C1CCCC1. The zero-order chi connectivity index (χ0) is 18.2. The molecule has 1 fully saturated rings. The van der Waals surface area contributed by atoms with Gasteiger partial charge in [-0.25, -0.2) is 8.42 Å². The van der Waals surface area contributed by atoms with E-state index < -0.39 is 9.84 Å². The summed E-state index contributed by atoms with van der Waals surface area (Å²) in [4.78, 5) is 12.6. The van der Waals surface area contributed by atoms with Crippen molar-refractivity contribution in [2.45, 2.75) is 43.5 Å². The Kier molecular flexibility index (Phi) is 4.93. The van der Waals surface area contributed by atoms with Crippen LogP contribution in [0.4, 0.5) is 5.69 Å². The van der Waals surface area contributed by atoms with E-state index in [1.54, 1.807) is 0 Å². The van der Waals surface area contributed by atoms with Crippen molar-refractivity contribution in [3.8, 4) is 0 Å². The van der Waals surface area contributed by atoms with Gasteiger partial charge in [-0.05, 0) is 44.0 Å². The van der Waals surface area contributed by atoms with Gasteiger partial charge in [-0.1, -0.05) is 24.4 Å². The van der Waals surface area contributed by atoms with Crippen molar-refractivity contribution in [2.24, 2.45) is 0 Å². The lowest BCUT2D eigenvalue weighted by molar-refractivity contribution is 0.102. The summed E-state index contributed by atoms with van der Waals surface area (Å²) in [5.41, 5.74) is 1.98. The summed E-state index contributed by atoms with van der Waals surface area (Å²) in [6, 6.07) is 6.64. The molecule has 7 heteroatoms. The molecule has 1 aliphatic carbocycles. The molecule has 0 radical (unpaired) electrons. The summed E-state index contributed by atoms with van der Waals surface area (Å²) >= 11 is 5.98. The van der Waals surface area contributed by atoms with Crippen molar-refractivity contribution in [3.63, 3.8) is 0 Å². The van der Waals surface area contributed by atoms with Crippen LogP contribution < -0.4 is 5.32 Å². The van der Waals surface area contributed by atoms with Gasteiger partial charge in [0.05, 0.1) is 10.5 Å². The molecule has 25 heavy (non-hydrogen) atoms. The van der Waals surface area contributed by atoms with Crippen molar-refractivity contribution in [1.82, 2.24) is 4.57 Å². The third kappa shape index (κ3) is 4.07. The Morgan fingerprint density at radius 1 is 1.20 bits per heavy atom. The lowest BCUT2D eigenvalue weighted by Gasteiger charge is -2.13. The van der Waals surface area contributed by atoms with Crippen LogP contribution in [-0.4, -0.2) is 25.1 Å². The lowest BCUT2D eigenvalue weighted by atomic mass is 10.2. The Hall–Kier alpha value is -1.79. The van der Waals surface area contributed by atoms with Gasteiger partial charge in [-0.3, -0.25) is 4.79 Å².